The zero-order valence-electron chi connectivity index (χ0n) is 11.6. The van der Waals surface area contributed by atoms with E-state index >= 15 is 0 Å². The van der Waals surface area contributed by atoms with Gasteiger partial charge < -0.3 is 15.4 Å². The van der Waals surface area contributed by atoms with E-state index in [0.29, 0.717) is 18.2 Å². The van der Waals surface area contributed by atoms with Gasteiger partial charge in [-0.25, -0.2) is 0 Å². The molecule has 0 fully saturated rings. The number of aromatic nitrogens is 4. The van der Waals surface area contributed by atoms with Crippen LogP contribution in [-0.4, -0.2) is 47.0 Å². The van der Waals surface area contributed by atoms with Gasteiger partial charge in [-0.3, -0.25) is 5.10 Å². The molecule has 0 bridgehead atoms. The van der Waals surface area contributed by atoms with Gasteiger partial charge in [0.15, 0.2) is 5.65 Å². The van der Waals surface area contributed by atoms with Crippen LogP contribution in [0, 0.1) is 5.92 Å². The molecule has 7 heteroatoms. The molecule has 104 valence electrons. The van der Waals surface area contributed by atoms with Crippen LogP contribution in [0.5, 0.6) is 0 Å². The zero-order chi connectivity index (χ0) is 13.8. The Hall–Kier alpha value is -1.89. The van der Waals surface area contributed by atoms with Gasteiger partial charge in [0.25, 0.3) is 0 Å². The van der Waals surface area contributed by atoms with Crippen molar-refractivity contribution < 1.29 is 4.74 Å². The first-order valence-corrected chi connectivity index (χ1v) is 6.32. The topological polar surface area (TPSA) is 93.0 Å². The SMILES string of the molecule is COCCN(CC(C)C)c1nc(N)nc2[nH]ncc12. The van der Waals surface area contributed by atoms with Crippen molar-refractivity contribution in [1.29, 1.82) is 0 Å². The number of rotatable bonds is 6. The number of methoxy groups -OCH3 is 1. The van der Waals surface area contributed by atoms with Crippen LogP contribution in [0.3, 0.4) is 0 Å². The summed E-state index contributed by atoms with van der Waals surface area (Å²) < 4.78 is 5.16. The summed E-state index contributed by atoms with van der Waals surface area (Å²) in [5.41, 5.74) is 6.41. The van der Waals surface area contributed by atoms with E-state index in [-0.39, 0.29) is 5.95 Å². The van der Waals surface area contributed by atoms with Crippen molar-refractivity contribution in [3.8, 4) is 0 Å². The molecule has 2 rings (SSSR count). The number of hydrogen-bond acceptors (Lipinski definition) is 6. The molecule has 0 saturated heterocycles. The second-order valence-electron chi connectivity index (χ2n) is 4.87. The first-order chi connectivity index (χ1) is 9.11. The molecule has 0 atom stereocenters. The fraction of sp³-hybridized carbons (Fsp3) is 0.583. The zero-order valence-corrected chi connectivity index (χ0v) is 11.6. The van der Waals surface area contributed by atoms with Gasteiger partial charge in [0.2, 0.25) is 5.95 Å². The predicted molar refractivity (Wildman–Crippen MR) is 75.0 cm³/mol. The smallest absolute Gasteiger partial charge is 0.224 e. The Kier molecular flexibility index (Phi) is 4.16. The molecule has 0 aliphatic rings. The number of H-pyrrole nitrogens is 1. The predicted octanol–water partition coefficient (Wildman–Crippen LogP) is 1.04. The Labute approximate surface area is 112 Å². The third-order valence-electron chi connectivity index (χ3n) is 2.76. The lowest BCUT2D eigenvalue weighted by Crippen LogP contribution is -2.32. The van der Waals surface area contributed by atoms with Crippen molar-refractivity contribution >= 4 is 22.8 Å². The van der Waals surface area contributed by atoms with Gasteiger partial charge in [0.05, 0.1) is 18.2 Å². The number of nitrogens with zero attached hydrogens (tertiary/aromatic N) is 4. The van der Waals surface area contributed by atoms with Crippen LogP contribution in [0.15, 0.2) is 6.20 Å². The molecular formula is C12H20N6O. The van der Waals surface area contributed by atoms with E-state index in [0.717, 1.165) is 24.3 Å². The Bertz CT molecular complexity index is 538. The molecule has 3 N–H and O–H groups in total. The van der Waals surface area contributed by atoms with Crippen molar-refractivity contribution in [2.75, 3.05) is 37.4 Å². The largest absolute Gasteiger partial charge is 0.383 e. The molecule has 0 saturated carbocycles. The molecule has 0 unspecified atom stereocenters. The van der Waals surface area contributed by atoms with E-state index in [1.54, 1.807) is 13.3 Å². The maximum atomic E-state index is 5.75. The van der Waals surface area contributed by atoms with Crippen LogP contribution in [-0.2, 0) is 4.74 Å². The van der Waals surface area contributed by atoms with Crippen LogP contribution in [0.1, 0.15) is 13.8 Å². The van der Waals surface area contributed by atoms with E-state index in [1.165, 1.54) is 0 Å². The molecule has 0 aliphatic carbocycles. The maximum Gasteiger partial charge on any atom is 0.224 e. The Balaban J connectivity index is 2.38. The normalized spacial score (nSPS) is 11.4. The van der Waals surface area contributed by atoms with E-state index in [1.807, 2.05) is 0 Å². The number of hydrogen-bond donors (Lipinski definition) is 2. The van der Waals surface area contributed by atoms with Gasteiger partial charge in [-0.05, 0) is 5.92 Å². The number of aromatic amines is 1. The molecule has 2 heterocycles. The highest BCUT2D eigenvalue weighted by molar-refractivity contribution is 5.87. The summed E-state index contributed by atoms with van der Waals surface area (Å²) in [6, 6.07) is 0. The number of nitrogens with two attached hydrogens (primary N) is 1. The summed E-state index contributed by atoms with van der Waals surface area (Å²) in [6.45, 7) is 6.59. The lowest BCUT2D eigenvalue weighted by molar-refractivity contribution is 0.204. The Morgan fingerprint density at radius 2 is 2.21 bits per heavy atom. The highest BCUT2D eigenvalue weighted by atomic mass is 16.5. The highest BCUT2D eigenvalue weighted by Crippen LogP contribution is 2.23. The minimum atomic E-state index is 0.248. The summed E-state index contributed by atoms with van der Waals surface area (Å²) in [5, 5.41) is 7.71. The summed E-state index contributed by atoms with van der Waals surface area (Å²) >= 11 is 0. The highest BCUT2D eigenvalue weighted by Gasteiger charge is 2.16. The third kappa shape index (κ3) is 3.11. The van der Waals surface area contributed by atoms with Crippen LogP contribution < -0.4 is 10.6 Å². The van der Waals surface area contributed by atoms with Crippen molar-refractivity contribution in [2.24, 2.45) is 5.92 Å². The van der Waals surface area contributed by atoms with Crippen LogP contribution in [0.25, 0.3) is 11.0 Å². The number of fused-ring (bicyclic) bond motifs is 1. The van der Waals surface area contributed by atoms with Crippen LogP contribution in [0.4, 0.5) is 11.8 Å². The van der Waals surface area contributed by atoms with Crippen LogP contribution >= 0.6 is 0 Å². The molecule has 2 aromatic heterocycles. The van der Waals surface area contributed by atoms with E-state index < -0.39 is 0 Å². The van der Waals surface area contributed by atoms with Gasteiger partial charge in [-0.1, -0.05) is 13.8 Å². The minimum Gasteiger partial charge on any atom is -0.383 e. The fourth-order valence-corrected chi connectivity index (χ4v) is 2.00. The first kappa shape index (κ1) is 13.5. The molecule has 0 aromatic carbocycles. The van der Waals surface area contributed by atoms with E-state index in [2.05, 4.69) is 38.9 Å². The second-order valence-corrected chi connectivity index (χ2v) is 4.87. The van der Waals surface area contributed by atoms with Gasteiger partial charge >= 0.3 is 0 Å². The molecule has 0 amide bonds. The fourth-order valence-electron chi connectivity index (χ4n) is 2.00. The van der Waals surface area contributed by atoms with E-state index in [9.17, 15) is 0 Å². The standard InChI is InChI=1S/C12H20N6O/c1-8(2)7-18(4-5-19-3)11-9-6-14-17-10(9)15-12(13)16-11/h6,8H,4-5,7H2,1-3H3,(H3,13,14,15,16,17). The number of anilines is 2. The quantitative estimate of drug-likeness (QED) is 0.810. The van der Waals surface area contributed by atoms with Gasteiger partial charge in [0.1, 0.15) is 5.82 Å². The molecule has 2 aromatic rings. The van der Waals surface area contributed by atoms with Gasteiger partial charge in [0, 0.05) is 20.2 Å². The summed E-state index contributed by atoms with van der Waals surface area (Å²) in [7, 11) is 1.69. The van der Waals surface area contributed by atoms with Crippen molar-refractivity contribution in [3.63, 3.8) is 0 Å². The molecule has 7 nitrogen and oxygen atoms in total. The Morgan fingerprint density at radius 3 is 2.89 bits per heavy atom. The maximum absolute atomic E-state index is 5.75. The van der Waals surface area contributed by atoms with Gasteiger partial charge in [-0.2, -0.15) is 15.1 Å². The lowest BCUT2D eigenvalue weighted by atomic mass is 10.2. The van der Waals surface area contributed by atoms with Crippen molar-refractivity contribution in [1.82, 2.24) is 20.2 Å². The van der Waals surface area contributed by atoms with Crippen molar-refractivity contribution in [3.05, 3.63) is 6.20 Å². The van der Waals surface area contributed by atoms with Crippen molar-refractivity contribution in [2.45, 2.75) is 13.8 Å². The number of nitrogen functional groups attached to an aromatic ring is 1. The lowest BCUT2D eigenvalue weighted by Gasteiger charge is -2.25. The molecular weight excluding hydrogens is 244 g/mol. The third-order valence-corrected chi connectivity index (χ3v) is 2.76. The first-order valence-electron chi connectivity index (χ1n) is 6.32. The summed E-state index contributed by atoms with van der Waals surface area (Å²) in [5.74, 6) is 1.56. The van der Waals surface area contributed by atoms with Gasteiger partial charge in [-0.15, -0.1) is 0 Å². The van der Waals surface area contributed by atoms with Crippen LogP contribution in [0.2, 0.25) is 0 Å². The molecule has 0 spiro atoms. The molecule has 0 aliphatic heterocycles. The summed E-state index contributed by atoms with van der Waals surface area (Å²) in [4.78, 5) is 10.6. The Morgan fingerprint density at radius 1 is 1.42 bits per heavy atom. The van der Waals surface area contributed by atoms with E-state index in [4.69, 9.17) is 10.5 Å². The average Bonchev–Trinajstić information content (AvgIpc) is 2.80. The second kappa shape index (κ2) is 5.83. The minimum absolute atomic E-state index is 0.248. The monoisotopic (exact) mass is 264 g/mol. The number of nitrogens with one attached hydrogen (secondary N) is 1. The molecule has 0 radical (unpaired) electrons. The summed E-state index contributed by atoms with van der Waals surface area (Å²) in [6.07, 6.45) is 1.73. The number of ether oxygens (including phenoxy) is 1. The molecule has 19 heavy (non-hydrogen) atoms. The average molecular weight is 264 g/mol.